The second kappa shape index (κ2) is 4.46. The van der Waals surface area contributed by atoms with Gasteiger partial charge in [-0.1, -0.05) is 12.1 Å². The second-order valence-electron chi connectivity index (χ2n) is 4.90. The first-order valence-electron chi connectivity index (χ1n) is 6.35. The fourth-order valence-corrected chi connectivity index (χ4v) is 2.57. The number of benzene rings is 1. The van der Waals surface area contributed by atoms with Crippen molar-refractivity contribution in [3.05, 3.63) is 46.6 Å². The molecule has 1 heterocycles. The van der Waals surface area contributed by atoms with Crippen LogP contribution < -0.4 is 0 Å². The highest BCUT2D eigenvalue weighted by Crippen LogP contribution is 2.27. The first kappa shape index (κ1) is 11.8. The molecule has 0 saturated carbocycles. The molecule has 0 saturated heterocycles. The lowest BCUT2D eigenvalue weighted by atomic mass is 10.0. The predicted octanol–water partition coefficient (Wildman–Crippen LogP) is 2.64. The number of fused-ring (bicyclic) bond motifs is 1. The Morgan fingerprint density at radius 1 is 1.16 bits per heavy atom. The minimum Gasteiger partial charge on any atom is -0.476 e. The molecule has 0 radical (unpaired) electrons. The van der Waals surface area contributed by atoms with Gasteiger partial charge in [-0.05, 0) is 55.0 Å². The highest BCUT2D eigenvalue weighted by molar-refractivity contribution is 5.87. The molecular weight excluding hydrogens is 240 g/mol. The van der Waals surface area contributed by atoms with Gasteiger partial charge in [-0.15, -0.1) is 10.2 Å². The second-order valence-corrected chi connectivity index (χ2v) is 4.90. The molecule has 0 fully saturated rings. The molecule has 0 amide bonds. The largest absolute Gasteiger partial charge is 0.476 e. The molecule has 1 aliphatic carbocycles. The topological polar surface area (TPSA) is 63.1 Å². The normalized spacial score (nSPS) is 13.3. The number of rotatable bonds is 2. The minimum atomic E-state index is -1.04. The number of hydrogen-bond donors (Lipinski definition) is 1. The summed E-state index contributed by atoms with van der Waals surface area (Å²) in [6.45, 7) is 1.75. The number of aryl methyl sites for hydroxylation is 3. The summed E-state index contributed by atoms with van der Waals surface area (Å²) in [5.74, 6) is -1.04. The van der Waals surface area contributed by atoms with E-state index in [1.165, 1.54) is 17.5 Å². The first-order valence-corrected chi connectivity index (χ1v) is 6.35. The lowest BCUT2D eigenvalue weighted by Crippen LogP contribution is -2.05. The zero-order valence-corrected chi connectivity index (χ0v) is 10.7. The zero-order chi connectivity index (χ0) is 13.4. The predicted molar refractivity (Wildman–Crippen MR) is 71.2 cm³/mol. The summed E-state index contributed by atoms with van der Waals surface area (Å²) in [7, 11) is 0. The van der Waals surface area contributed by atoms with E-state index in [0.29, 0.717) is 5.56 Å². The molecule has 1 aromatic heterocycles. The van der Waals surface area contributed by atoms with E-state index in [1.54, 1.807) is 13.0 Å². The maximum atomic E-state index is 10.9. The molecule has 2 aromatic rings. The minimum absolute atomic E-state index is 0.0184. The highest BCUT2D eigenvalue weighted by atomic mass is 16.4. The Balaban J connectivity index is 2.03. The number of aromatic nitrogens is 2. The van der Waals surface area contributed by atoms with E-state index in [-0.39, 0.29) is 5.69 Å². The summed E-state index contributed by atoms with van der Waals surface area (Å²) >= 11 is 0. The van der Waals surface area contributed by atoms with E-state index >= 15 is 0 Å². The van der Waals surface area contributed by atoms with Crippen LogP contribution >= 0.6 is 0 Å². The molecule has 1 N–H and O–H groups in total. The van der Waals surface area contributed by atoms with E-state index in [9.17, 15) is 4.79 Å². The smallest absolute Gasteiger partial charge is 0.356 e. The van der Waals surface area contributed by atoms with Crippen molar-refractivity contribution in [3.8, 4) is 11.3 Å². The molecule has 0 atom stereocenters. The molecule has 0 bridgehead atoms. The third-order valence-electron chi connectivity index (χ3n) is 3.58. The molecular formula is C15H14N2O2. The number of nitrogens with zero attached hydrogens (tertiary/aromatic N) is 2. The number of carboxylic acids is 1. The fraction of sp³-hybridized carbons (Fsp3) is 0.267. The Kier molecular flexibility index (Phi) is 2.78. The molecule has 0 spiro atoms. The zero-order valence-electron chi connectivity index (χ0n) is 10.7. The van der Waals surface area contributed by atoms with Gasteiger partial charge >= 0.3 is 5.97 Å². The quantitative estimate of drug-likeness (QED) is 0.894. The Labute approximate surface area is 111 Å². The number of carboxylic acid groups (broad SMARTS) is 1. The molecule has 3 rings (SSSR count). The first-order chi connectivity index (χ1) is 9.15. The van der Waals surface area contributed by atoms with Gasteiger partial charge in [0.15, 0.2) is 5.69 Å². The van der Waals surface area contributed by atoms with E-state index in [1.807, 2.05) is 6.07 Å². The Bertz CT molecular complexity index is 665. The molecule has 4 nitrogen and oxygen atoms in total. The van der Waals surface area contributed by atoms with Gasteiger partial charge in [-0.2, -0.15) is 0 Å². The van der Waals surface area contributed by atoms with Crippen LogP contribution in [0.1, 0.15) is 33.6 Å². The van der Waals surface area contributed by atoms with E-state index in [4.69, 9.17) is 5.11 Å². The third-order valence-corrected chi connectivity index (χ3v) is 3.58. The maximum Gasteiger partial charge on any atom is 0.356 e. The summed E-state index contributed by atoms with van der Waals surface area (Å²) in [6, 6.07) is 8.10. The van der Waals surface area contributed by atoms with Crippen molar-refractivity contribution >= 4 is 5.97 Å². The van der Waals surface area contributed by atoms with Crippen molar-refractivity contribution in [1.82, 2.24) is 10.2 Å². The van der Waals surface area contributed by atoms with Gasteiger partial charge in [0.1, 0.15) is 0 Å². The standard InChI is InChI=1S/C15H14N2O2/c1-9-7-13(16-17-14(9)15(18)19)12-6-5-10-3-2-4-11(10)8-12/h5-8H,2-4H2,1H3,(H,18,19). The van der Waals surface area contributed by atoms with E-state index in [0.717, 1.165) is 24.1 Å². The Morgan fingerprint density at radius 2 is 1.95 bits per heavy atom. The van der Waals surface area contributed by atoms with Crippen LogP contribution in [0.5, 0.6) is 0 Å². The van der Waals surface area contributed by atoms with E-state index in [2.05, 4.69) is 22.3 Å². The Morgan fingerprint density at radius 3 is 2.68 bits per heavy atom. The van der Waals surface area contributed by atoms with Gasteiger partial charge in [0.05, 0.1) is 5.69 Å². The molecule has 0 unspecified atom stereocenters. The van der Waals surface area contributed by atoms with E-state index < -0.39 is 5.97 Å². The van der Waals surface area contributed by atoms with Gasteiger partial charge < -0.3 is 5.11 Å². The van der Waals surface area contributed by atoms with Gasteiger partial charge in [0.25, 0.3) is 0 Å². The van der Waals surface area contributed by atoms with Crippen molar-refractivity contribution < 1.29 is 9.90 Å². The SMILES string of the molecule is Cc1cc(-c2ccc3c(c2)CCC3)nnc1C(=O)O. The summed E-state index contributed by atoms with van der Waals surface area (Å²) in [5, 5.41) is 16.8. The van der Waals surface area contributed by atoms with Crippen LogP contribution in [0, 0.1) is 6.92 Å². The van der Waals surface area contributed by atoms with Crippen molar-refractivity contribution in [2.75, 3.05) is 0 Å². The van der Waals surface area contributed by atoms with Gasteiger partial charge in [-0.3, -0.25) is 0 Å². The van der Waals surface area contributed by atoms with Crippen LogP contribution in [0.3, 0.4) is 0 Å². The van der Waals surface area contributed by atoms with Crippen LogP contribution in [0.2, 0.25) is 0 Å². The lowest BCUT2D eigenvalue weighted by Gasteiger charge is -2.06. The summed E-state index contributed by atoms with van der Waals surface area (Å²) in [4.78, 5) is 10.9. The number of aromatic carboxylic acids is 1. The molecule has 4 heteroatoms. The maximum absolute atomic E-state index is 10.9. The Hall–Kier alpha value is -2.23. The summed E-state index contributed by atoms with van der Waals surface area (Å²) in [6.07, 6.45) is 3.47. The van der Waals surface area contributed by atoms with Crippen LogP contribution in [0.15, 0.2) is 24.3 Å². The van der Waals surface area contributed by atoms with Crippen molar-refractivity contribution in [3.63, 3.8) is 0 Å². The van der Waals surface area contributed by atoms with Gasteiger partial charge in [0.2, 0.25) is 0 Å². The molecule has 1 aliphatic rings. The average Bonchev–Trinajstić information content (AvgIpc) is 2.85. The number of hydrogen-bond acceptors (Lipinski definition) is 3. The lowest BCUT2D eigenvalue weighted by molar-refractivity contribution is 0.0688. The van der Waals surface area contributed by atoms with Crippen molar-refractivity contribution in [2.45, 2.75) is 26.2 Å². The molecule has 0 aliphatic heterocycles. The van der Waals surface area contributed by atoms with Crippen LogP contribution in [0.4, 0.5) is 0 Å². The van der Waals surface area contributed by atoms with Crippen LogP contribution in [-0.2, 0) is 12.8 Å². The van der Waals surface area contributed by atoms with Gasteiger partial charge in [0, 0.05) is 5.56 Å². The molecule has 96 valence electrons. The fourth-order valence-electron chi connectivity index (χ4n) is 2.57. The molecule has 1 aromatic carbocycles. The summed E-state index contributed by atoms with van der Waals surface area (Å²) in [5.41, 5.74) is 5.18. The monoisotopic (exact) mass is 254 g/mol. The van der Waals surface area contributed by atoms with Gasteiger partial charge in [-0.25, -0.2) is 4.79 Å². The van der Waals surface area contributed by atoms with Crippen molar-refractivity contribution in [1.29, 1.82) is 0 Å². The highest BCUT2D eigenvalue weighted by Gasteiger charge is 2.14. The summed E-state index contributed by atoms with van der Waals surface area (Å²) < 4.78 is 0. The van der Waals surface area contributed by atoms with Crippen LogP contribution in [-0.4, -0.2) is 21.3 Å². The van der Waals surface area contributed by atoms with Crippen molar-refractivity contribution in [2.24, 2.45) is 0 Å². The number of carbonyl (C=O) groups is 1. The average molecular weight is 254 g/mol. The molecule has 19 heavy (non-hydrogen) atoms. The van der Waals surface area contributed by atoms with Crippen LogP contribution in [0.25, 0.3) is 11.3 Å². The third kappa shape index (κ3) is 2.10.